The number of alkyl carbamates (subject to hydrolysis) is 1. The topological polar surface area (TPSA) is 84.5 Å². The molecule has 2 aromatic rings. The summed E-state index contributed by atoms with van der Waals surface area (Å²) in [7, 11) is 0. The summed E-state index contributed by atoms with van der Waals surface area (Å²) in [6, 6.07) is 9.25. The van der Waals surface area contributed by atoms with Crippen molar-refractivity contribution in [2.45, 2.75) is 18.2 Å². The number of rotatable bonds is 6. The molecular formula is C17H18N2O4S2. The molecule has 0 saturated carbocycles. The van der Waals surface area contributed by atoms with Gasteiger partial charge in [-0.15, -0.1) is 23.1 Å². The summed E-state index contributed by atoms with van der Waals surface area (Å²) in [6.07, 6.45) is 1.37. The van der Waals surface area contributed by atoms with E-state index in [1.165, 1.54) is 11.3 Å². The molecule has 1 aromatic heterocycles. The predicted octanol–water partition coefficient (Wildman–Crippen LogP) is 3.54. The predicted molar refractivity (Wildman–Crippen MR) is 99.4 cm³/mol. The Hall–Kier alpha value is -2.32. The Morgan fingerprint density at radius 3 is 2.52 bits per heavy atom. The molecule has 0 aliphatic carbocycles. The summed E-state index contributed by atoms with van der Waals surface area (Å²) < 4.78 is 4.67. The van der Waals surface area contributed by atoms with Crippen LogP contribution in [0.4, 0.5) is 9.80 Å². The summed E-state index contributed by atoms with van der Waals surface area (Å²) in [4.78, 5) is 36.7. The highest BCUT2D eigenvalue weighted by atomic mass is 32.2. The Labute approximate surface area is 154 Å². The average Bonchev–Trinajstić information content (AvgIpc) is 3.03. The van der Waals surface area contributed by atoms with Gasteiger partial charge in [-0.25, -0.2) is 4.79 Å². The van der Waals surface area contributed by atoms with Crippen LogP contribution in [0.5, 0.6) is 0 Å². The smallest absolute Gasteiger partial charge is 0.414 e. The van der Waals surface area contributed by atoms with Crippen molar-refractivity contribution in [3.8, 4) is 0 Å². The second-order valence-corrected chi connectivity index (χ2v) is 6.71. The molecule has 0 spiro atoms. The van der Waals surface area contributed by atoms with Gasteiger partial charge in [0.1, 0.15) is 5.00 Å². The number of benzene rings is 1. The molecule has 0 bridgehead atoms. The Morgan fingerprint density at radius 1 is 1.16 bits per heavy atom. The lowest BCUT2D eigenvalue weighted by molar-refractivity contribution is -0.115. The molecule has 1 aromatic carbocycles. The van der Waals surface area contributed by atoms with Crippen LogP contribution >= 0.6 is 23.1 Å². The monoisotopic (exact) mass is 378 g/mol. The number of thioether (sulfide) groups is 1. The maximum absolute atomic E-state index is 12.2. The summed E-state index contributed by atoms with van der Waals surface area (Å²) in [5.41, 5.74) is 1.11. The zero-order chi connectivity index (χ0) is 18.2. The van der Waals surface area contributed by atoms with Crippen molar-refractivity contribution >= 4 is 46.0 Å². The van der Waals surface area contributed by atoms with Crippen LogP contribution in [0, 0.1) is 0 Å². The van der Waals surface area contributed by atoms with Gasteiger partial charge in [-0.2, -0.15) is 0 Å². The molecule has 8 heteroatoms. The minimum atomic E-state index is -0.815. The van der Waals surface area contributed by atoms with Gasteiger partial charge in [0, 0.05) is 4.90 Å². The van der Waals surface area contributed by atoms with E-state index in [0.29, 0.717) is 5.00 Å². The normalized spacial score (nSPS) is 10.2. The number of carbonyl (C=O) groups excluding carboxylic acids is 3. The lowest BCUT2D eigenvalue weighted by Crippen LogP contribution is -2.31. The summed E-state index contributed by atoms with van der Waals surface area (Å²) in [5, 5.41) is 6.89. The fourth-order valence-corrected chi connectivity index (χ4v) is 3.22. The highest BCUT2D eigenvalue weighted by molar-refractivity contribution is 7.98. The number of amides is 3. The van der Waals surface area contributed by atoms with Crippen LogP contribution in [-0.4, -0.2) is 30.8 Å². The van der Waals surface area contributed by atoms with Gasteiger partial charge in [0.2, 0.25) is 5.91 Å². The first-order chi connectivity index (χ1) is 12.0. The molecule has 0 unspecified atom stereocenters. The molecular weight excluding hydrogens is 360 g/mol. The van der Waals surface area contributed by atoms with E-state index in [-0.39, 0.29) is 24.5 Å². The van der Waals surface area contributed by atoms with Crippen LogP contribution in [0.1, 0.15) is 22.8 Å². The van der Waals surface area contributed by atoms with Gasteiger partial charge < -0.3 is 10.1 Å². The van der Waals surface area contributed by atoms with Crippen molar-refractivity contribution in [1.82, 2.24) is 5.32 Å². The van der Waals surface area contributed by atoms with Crippen molar-refractivity contribution in [2.24, 2.45) is 0 Å². The highest BCUT2D eigenvalue weighted by Gasteiger charge is 2.17. The number of imide groups is 1. The molecule has 0 atom stereocenters. The maximum Gasteiger partial charge on any atom is 0.414 e. The van der Waals surface area contributed by atoms with Crippen LogP contribution in [0.2, 0.25) is 0 Å². The third kappa shape index (κ3) is 5.61. The standard InChI is InChI=1S/C17H18N2O4S2/c1-3-23-17(22)19-15(21)13-8-9-25-16(13)18-14(20)10-11-4-6-12(24-2)7-5-11/h4-9H,3,10H2,1-2H3,(H,18,20)(H,19,21,22). The minimum Gasteiger partial charge on any atom is -0.450 e. The summed E-state index contributed by atoms with van der Waals surface area (Å²) >= 11 is 2.85. The van der Waals surface area contributed by atoms with Crippen molar-refractivity contribution in [1.29, 1.82) is 0 Å². The molecule has 0 aliphatic rings. The van der Waals surface area contributed by atoms with Gasteiger partial charge in [0.05, 0.1) is 18.6 Å². The number of thiophene rings is 1. The molecule has 0 fully saturated rings. The van der Waals surface area contributed by atoms with Gasteiger partial charge in [0.15, 0.2) is 0 Å². The zero-order valence-electron chi connectivity index (χ0n) is 13.8. The highest BCUT2D eigenvalue weighted by Crippen LogP contribution is 2.23. The molecule has 0 saturated heterocycles. The molecule has 2 rings (SSSR count). The van der Waals surface area contributed by atoms with Crippen molar-refractivity contribution in [2.75, 3.05) is 18.2 Å². The van der Waals surface area contributed by atoms with Gasteiger partial charge >= 0.3 is 6.09 Å². The molecule has 25 heavy (non-hydrogen) atoms. The van der Waals surface area contributed by atoms with E-state index in [1.54, 1.807) is 30.1 Å². The van der Waals surface area contributed by atoms with E-state index in [0.717, 1.165) is 10.5 Å². The number of carbonyl (C=O) groups is 3. The molecule has 1 heterocycles. The lowest BCUT2D eigenvalue weighted by Gasteiger charge is -2.07. The summed E-state index contributed by atoms with van der Waals surface area (Å²) in [5.74, 6) is -0.844. The van der Waals surface area contributed by atoms with Crippen molar-refractivity contribution in [3.63, 3.8) is 0 Å². The van der Waals surface area contributed by atoms with Crippen LogP contribution in [0.25, 0.3) is 0 Å². The second kappa shape index (κ2) is 9.24. The maximum atomic E-state index is 12.2. The minimum absolute atomic E-state index is 0.168. The Morgan fingerprint density at radius 2 is 1.88 bits per heavy atom. The van der Waals surface area contributed by atoms with Crippen LogP contribution in [-0.2, 0) is 16.0 Å². The van der Waals surface area contributed by atoms with Crippen molar-refractivity contribution < 1.29 is 19.1 Å². The first kappa shape index (κ1) is 19.0. The van der Waals surface area contributed by atoms with Crippen LogP contribution in [0.15, 0.2) is 40.6 Å². The largest absolute Gasteiger partial charge is 0.450 e. The zero-order valence-corrected chi connectivity index (χ0v) is 15.5. The first-order valence-corrected chi connectivity index (χ1v) is 9.62. The molecule has 3 amide bonds. The van der Waals surface area contributed by atoms with E-state index in [4.69, 9.17) is 0 Å². The van der Waals surface area contributed by atoms with E-state index in [2.05, 4.69) is 15.4 Å². The average molecular weight is 378 g/mol. The Bertz CT molecular complexity index is 756. The third-order valence-corrected chi connectivity index (χ3v) is 4.75. The van der Waals surface area contributed by atoms with E-state index >= 15 is 0 Å². The van der Waals surface area contributed by atoms with Gasteiger partial charge in [-0.3, -0.25) is 14.9 Å². The molecule has 2 N–H and O–H groups in total. The number of ether oxygens (including phenoxy) is 1. The quantitative estimate of drug-likeness (QED) is 0.751. The molecule has 132 valence electrons. The van der Waals surface area contributed by atoms with Crippen LogP contribution < -0.4 is 10.6 Å². The number of hydrogen-bond acceptors (Lipinski definition) is 6. The molecule has 0 aliphatic heterocycles. The van der Waals surface area contributed by atoms with Crippen LogP contribution in [0.3, 0.4) is 0 Å². The lowest BCUT2D eigenvalue weighted by atomic mass is 10.1. The van der Waals surface area contributed by atoms with Gasteiger partial charge in [-0.05, 0) is 42.3 Å². The Kier molecular flexibility index (Phi) is 7.03. The van der Waals surface area contributed by atoms with E-state index in [9.17, 15) is 14.4 Å². The fourth-order valence-electron chi connectivity index (χ4n) is 2.01. The second-order valence-electron chi connectivity index (χ2n) is 4.91. The van der Waals surface area contributed by atoms with Gasteiger partial charge in [0.25, 0.3) is 5.91 Å². The number of hydrogen-bond donors (Lipinski definition) is 2. The SMILES string of the molecule is CCOC(=O)NC(=O)c1ccsc1NC(=O)Cc1ccc(SC)cc1. The van der Waals surface area contributed by atoms with Crippen molar-refractivity contribution in [3.05, 3.63) is 46.8 Å². The first-order valence-electron chi connectivity index (χ1n) is 7.51. The number of anilines is 1. The van der Waals surface area contributed by atoms with E-state index in [1.807, 2.05) is 30.5 Å². The Balaban J connectivity index is 1.98. The molecule has 6 nitrogen and oxygen atoms in total. The fraction of sp³-hybridized carbons (Fsp3) is 0.235. The van der Waals surface area contributed by atoms with E-state index < -0.39 is 12.0 Å². The number of nitrogens with one attached hydrogen (secondary N) is 2. The third-order valence-electron chi connectivity index (χ3n) is 3.18. The van der Waals surface area contributed by atoms with Gasteiger partial charge in [-0.1, -0.05) is 12.1 Å². The molecule has 0 radical (unpaired) electrons. The summed E-state index contributed by atoms with van der Waals surface area (Å²) in [6.45, 7) is 1.81.